The summed E-state index contributed by atoms with van der Waals surface area (Å²) in [5.74, 6) is 1.40. The predicted molar refractivity (Wildman–Crippen MR) is 106 cm³/mol. The Hall–Kier alpha value is -2.04. The molecule has 5 rings (SSSR count). The van der Waals surface area contributed by atoms with Crippen LogP contribution >= 0.6 is 0 Å². The lowest BCUT2D eigenvalue weighted by atomic mass is 9.86. The van der Waals surface area contributed by atoms with Gasteiger partial charge in [-0.2, -0.15) is 4.98 Å². The van der Waals surface area contributed by atoms with Crippen molar-refractivity contribution in [1.29, 1.82) is 0 Å². The maximum absolute atomic E-state index is 12.8. The summed E-state index contributed by atoms with van der Waals surface area (Å²) < 4.78 is 5.96. The van der Waals surface area contributed by atoms with Gasteiger partial charge in [-0.25, -0.2) is 0 Å². The average Bonchev–Trinajstić information content (AvgIpc) is 3.50. The van der Waals surface area contributed by atoms with Crippen LogP contribution in [0.5, 0.6) is 0 Å². The van der Waals surface area contributed by atoms with Crippen LogP contribution in [0.15, 0.2) is 28.7 Å². The van der Waals surface area contributed by atoms with Gasteiger partial charge in [0.25, 0.3) is 6.01 Å². The SMILES string of the molecule is O=C(C1CC1)N1CCCCCC1C1CCN(c2nc3ccccc3o2)CC1. The molecule has 1 atom stereocenters. The van der Waals surface area contributed by atoms with E-state index in [1.54, 1.807) is 0 Å². The Morgan fingerprint density at radius 1 is 0.963 bits per heavy atom. The fraction of sp³-hybridized carbons (Fsp3) is 0.636. The van der Waals surface area contributed by atoms with Crippen LogP contribution in [-0.4, -0.2) is 41.5 Å². The number of carbonyl (C=O) groups is 1. The lowest BCUT2D eigenvalue weighted by molar-refractivity contribution is -0.136. The van der Waals surface area contributed by atoms with Gasteiger partial charge in [0.05, 0.1) is 0 Å². The Bertz CT molecular complexity index is 772. The standard InChI is InChI=1S/C22H29N3O2/c26-21(17-9-10-17)25-13-5-1-2-7-19(25)16-11-14-24(15-12-16)22-23-18-6-3-4-8-20(18)27-22/h3-4,6,8,16-17,19H,1-2,5,7,9-15H2. The number of hydrogen-bond acceptors (Lipinski definition) is 4. The number of hydrogen-bond donors (Lipinski definition) is 0. The number of aromatic nitrogens is 1. The summed E-state index contributed by atoms with van der Waals surface area (Å²) in [4.78, 5) is 22.1. The van der Waals surface area contributed by atoms with E-state index < -0.39 is 0 Å². The lowest BCUT2D eigenvalue weighted by Crippen LogP contribution is -2.48. The molecule has 5 heteroatoms. The highest BCUT2D eigenvalue weighted by Gasteiger charge is 2.40. The average molecular weight is 367 g/mol. The molecule has 5 nitrogen and oxygen atoms in total. The topological polar surface area (TPSA) is 49.6 Å². The highest BCUT2D eigenvalue weighted by atomic mass is 16.4. The maximum Gasteiger partial charge on any atom is 0.298 e. The number of anilines is 1. The molecular formula is C22H29N3O2. The molecule has 2 saturated heterocycles. The number of para-hydroxylation sites is 2. The smallest absolute Gasteiger partial charge is 0.298 e. The molecule has 1 saturated carbocycles. The van der Waals surface area contributed by atoms with Crippen LogP contribution in [0.3, 0.4) is 0 Å². The zero-order valence-corrected chi connectivity index (χ0v) is 16.0. The Morgan fingerprint density at radius 2 is 1.78 bits per heavy atom. The van der Waals surface area contributed by atoms with Gasteiger partial charge in [0, 0.05) is 31.6 Å². The van der Waals surface area contributed by atoms with Crippen LogP contribution in [0.4, 0.5) is 6.01 Å². The van der Waals surface area contributed by atoms with Crippen molar-refractivity contribution < 1.29 is 9.21 Å². The fourth-order valence-electron chi connectivity index (χ4n) is 4.93. The van der Waals surface area contributed by atoms with Crippen LogP contribution in [0.1, 0.15) is 51.4 Å². The summed E-state index contributed by atoms with van der Waals surface area (Å²) in [6.07, 6.45) is 9.37. The number of fused-ring (bicyclic) bond motifs is 1. The molecule has 144 valence electrons. The van der Waals surface area contributed by atoms with E-state index in [-0.39, 0.29) is 0 Å². The highest BCUT2D eigenvalue weighted by molar-refractivity contribution is 5.81. The van der Waals surface area contributed by atoms with Crippen LogP contribution in [0.25, 0.3) is 11.1 Å². The Balaban J connectivity index is 1.27. The van der Waals surface area contributed by atoms with Crippen LogP contribution in [0.2, 0.25) is 0 Å². The number of carbonyl (C=O) groups excluding carboxylic acids is 1. The number of benzene rings is 1. The summed E-state index contributed by atoms with van der Waals surface area (Å²) in [5, 5.41) is 0. The summed E-state index contributed by atoms with van der Waals surface area (Å²) in [6.45, 7) is 2.92. The van der Waals surface area contributed by atoms with Gasteiger partial charge in [-0.1, -0.05) is 25.0 Å². The highest BCUT2D eigenvalue weighted by Crippen LogP contribution is 2.37. The minimum absolute atomic E-state index is 0.338. The van der Waals surface area contributed by atoms with Crippen LogP contribution < -0.4 is 4.90 Å². The number of likely N-dealkylation sites (tertiary alicyclic amines) is 1. The van der Waals surface area contributed by atoms with E-state index in [2.05, 4.69) is 14.8 Å². The molecule has 27 heavy (non-hydrogen) atoms. The molecule has 2 aliphatic heterocycles. The molecule has 1 aliphatic carbocycles. The molecule has 0 bridgehead atoms. The van der Waals surface area contributed by atoms with Gasteiger partial charge in [-0.15, -0.1) is 0 Å². The van der Waals surface area contributed by atoms with E-state index >= 15 is 0 Å². The number of piperidine rings is 1. The van der Waals surface area contributed by atoms with Gasteiger partial charge < -0.3 is 14.2 Å². The second-order valence-electron chi connectivity index (χ2n) is 8.51. The van der Waals surface area contributed by atoms with Crippen molar-refractivity contribution >= 4 is 23.0 Å². The molecule has 0 radical (unpaired) electrons. The van der Waals surface area contributed by atoms with Crippen LogP contribution in [-0.2, 0) is 4.79 Å². The first-order valence-electron chi connectivity index (χ1n) is 10.7. The van der Waals surface area contributed by atoms with Crippen molar-refractivity contribution in [2.75, 3.05) is 24.5 Å². The van der Waals surface area contributed by atoms with E-state index in [0.29, 0.717) is 23.8 Å². The van der Waals surface area contributed by atoms with Gasteiger partial charge in [-0.05, 0) is 56.6 Å². The van der Waals surface area contributed by atoms with Gasteiger partial charge in [-0.3, -0.25) is 4.79 Å². The first-order chi connectivity index (χ1) is 13.3. The quantitative estimate of drug-likeness (QED) is 0.815. The summed E-state index contributed by atoms with van der Waals surface area (Å²) in [7, 11) is 0. The Morgan fingerprint density at radius 3 is 2.56 bits per heavy atom. The zero-order valence-electron chi connectivity index (χ0n) is 16.0. The minimum Gasteiger partial charge on any atom is -0.423 e. The number of oxazole rings is 1. The zero-order chi connectivity index (χ0) is 18.2. The van der Waals surface area contributed by atoms with Crippen LogP contribution in [0, 0.1) is 11.8 Å². The fourth-order valence-corrected chi connectivity index (χ4v) is 4.93. The second kappa shape index (κ2) is 7.17. The lowest BCUT2D eigenvalue weighted by Gasteiger charge is -2.40. The molecule has 2 aromatic rings. The first-order valence-corrected chi connectivity index (χ1v) is 10.7. The molecule has 1 aromatic carbocycles. The normalized spacial score (nSPS) is 25.0. The molecule has 3 aliphatic rings. The molecule has 1 amide bonds. The second-order valence-corrected chi connectivity index (χ2v) is 8.51. The molecular weight excluding hydrogens is 338 g/mol. The third kappa shape index (κ3) is 3.44. The summed E-state index contributed by atoms with van der Waals surface area (Å²) in [5.41, 5.74) is 1.79. The molecule has 1 aromatic heterocycles. The third-order valence-corrected chi connectivity index (χ3v) is 6.65. The molecule has 1 unspecified atom stereocenters. The summed E-state index contributed by atoms with van der Waals surface area (Å²) in [6, 6.07) is 9.17. The van der Waals surface area contributed by atoms with E-state index in [1.165, 1.54) is 25.7 Å². The number of amides is 1. The van der Waals surface area contributed by atoms with Crippen molar-refractivity contribution in [3.05, 3.63) is 24.3 Å². The molecule has 0 spiro atoms. The van der Waals surface area contributed by atoms with E-state index in [1.807, 2.05) is 24.3 Å². The molecule has 3 fully saturated rings. The maximum atomic E-state index is 12.8. The number of rotatable bonds is 3. The third-order valence-electron chi connectivity index (χ3n) is 6.65. The van der Waals surface area contributed by atoms with Crippen molar-refractivity contribution in [1.82, 2.24) is 9.88 Å². The minimum atomic E-state index is 0.338. The Labute approximate surface area is 160 Å². The van der Waals surface area contributed by atoms with Crippen molar-refractivity contribution in [3.8, 4) is 0 Å². The summed E-state index contributed by atoms with van der Waals surface area (Å²) >= 11 is 0. The van der Waals surface area contributed by atoms with E-state index in [9.17, 15) is 4.79 Å². The van der Waals surface area contributed by atoms with Crippen molar-refractivity contribution in [2.24, 2.45) is 11.8 Å². The van der Waals surface area contributed by atoms with Crippen molar-refractivity contribution in [3.63, 3.8) is 0 Å². The van der Waals surface area contributed by atoms with Gasteiger partial charge >= 0.3 is 0 Å². The van der Waals surface area contributed by atoms with E-state index in [0.717, 1.165) is 62.4 Å². The van der Waals surface area contributed by atoms with Crippen molar-refractivity contribution in [2.45, 2.75) is 57.4 Å². The molecule has 3 heterocycles. The Kier molecular flexibility index (Phi) is 4.54. The monoisotopic (exact) mass is 367 g/mol. The largest absolute Gasteiger partial charge is 0.423 e. The number of nitrogens with zero attached hydrogens (tertiary/aromatic N) is 3. The predicted octanol–water partition coefficient (Wildman–Crippen LogP) is 4.23. The first kappa shape index (κ1) is 17.1. The van der Waals surface area contributed by atoms with E-state index in [4.69, 9.17) is 4.42 Å². The molecule has 0 N–H and O–H groups in total. The van der Waals surface area contributed by atoms with Gasteiger partial charge in [0.1, 0.15) is 5.52 Å². The van der Waals surface area contributed by atoms with Gasteiger partial charge in [0.15, 0.2) is 5.58 Å². The van der Waals surface area contributed by atoms with Gasteiger partial charge in [0.2, 0.25) is 5.91 Å².